The van der Waals surface area contributed by atoms with Gasteiger partial charge in [-0.25, -0.2) is 9.89 Å². The number of halogens is 6. The molecule has 4 aliphatic heterocycles. The molecule has 220 valence electrons. The van der Waals surface area contributed by atoms with Gasteiger partial charge < -0.3 is 9.74 Å². The molecule has 4 aliphatic rings. The van der Waals surface area contributed by atoms with Crippen molar-refractivity contribution in [3.05, 3.63) is 91.6 Å². The maximum atomic E-state index is 14.4. The van der Waals surface area contributed by atoms with Crippen molar-refractivity contribution in [3.63, 3.8) is 0 Å². The number of allylic oxidation sites excluding steroid dienone is 2. The molecule has 4 heterocycles. The number of hydrogen-bond acceptors (Lipinski definition) is 6. The van der Waals surface area contributed by atoms with E-state index in [2.05, 4.69) is 10.1 Å². The predicted octanol–water partition coefficient (Wildman–Crippen LogP) is 7.20. The molecule has 13 heteroatoms. The van der Waals surface area contributed by atoms with Gasteiger partial charge >= 0.3 is 6.18 Å². The van der Waals surface area contributed by atoms with Crippen LogP contribution in [0.2, 0.25) is 10.0 Å². The van der Waals surface area contributed by atoms with Crippen LogP contribution in [-0.2, 0) is 15.2 Å². The van der Waals surface area contributed by atoms with E-state index in [4.69, 9.17) is 39.6 Å². The van der Waals surface area contributed by atoms with Crippen molar-refractivity contribution in [1.29, 1.82) is 0 Å². The molecule has 7 nitrogen and oxygen atoms in total. The molecule has 0 aliphatic carbocycles. The van der Waals surface area contributed by atoms with Gasteiger partial charge in [-0.05, 0) is 60.0 Å². The number of nitrogens with zero attached hydrogens (tertiary/aromatic N) is 4. The van der Waals surface area contributed by atoms with E-state index in [1.54, 1.807) is 31.7 Å². The van der Waals surface area contributed by atoms with Crippen LogP contribution in [0.15, 0.2) is 69.4 Å². The lowest BCUT2D eigenvalue weighted by atomic mass is 9.86. The molecule has 6 rings (SSSR count). The molecule has 0 radical (unpaired) electrons. The molecule has 1 unspecified atom stereocenters. The lowest BCUT2D eigenvalue weighted by Crippen LogP contribution is -2.56. The third-order valence-electron chi connectivity index (χ3n) is 7.14. The molecule has 42 heavy (non-hydrogen) atoms. The summed E-state index contributed by atoms with van der Waals surface area (Å²) in [6.07, 6.45) is -2.32. The van der Waals surface area contributed by atoms with E-state index < -0.39 is 35.9 Å². The number of fused-ring (bicyclic) bond motifs is 2. The highest BCUT2D eigenvalue weighted by atomic mass is 35.5. The summed E-state index contributed by atoms with van der Waals surface area (Å²) < 4.78 is 43.3. The van der Waals surface area contributed by atoms with Crippen molar-refractivity contribution in [2.24, 2.45) is 16.1 Å². The average molecular weight is 640 g/mol. The van der Waals surface area contributed by atoms with Gasteiger partial charge in [0.2, 0.25) is 11.9 Å². The maximum absolute atomic E-state index is 14.4. The van der Waals surface area contributed by atoms with Crippen LogP contribution in [0.25, 0.3) is 0 Å². The molecule has 2 aromatic carbocycles. The van der Waals surface area contributed by atoms with Gasteiger partial charge in [-0.2, -0.15) is 13.2 Å². The first-order valence-electron chi connectivity index (χ1n) is 12.9. The number of alkyl halides is 3. The molecule has 0 saturated carbocycles. The highest BCUT2D eigenvalue weighted by Crippen LogP contribution is 2.49. The van der Waals surface area contributed by atoms with Gasteiger partial charge in [-0.15, -0.1) is 0 Å². The fourth-order valence-corrected chi connectivity index (χ4v) is 5.64. The molecule has 1 atom stereocenters. The molecule has 1 fully saturated rings. The summed E-state index contributed by atoms with van der Waals surface area (Å²) in [6.45, 7) is 5.90. The lowest BCUT2D eigenvalue weighted by molar-refractivity contribution is -0.275. The minimum Gasteiger partial charge on any atom is -0.374 e. The van der Waals surface area contributed by atoms with Gasteiger partial charge in [0.1, 0.15) is 0 Å². The van der Waals surface area contributed by atoms with Crippen LogP contribution in [0.3, 0.4) is 0 Å². The second kappa shape index (κ2) is 11.1. The van der Waals surface area contributed by atoms with Crippen LogP contribution < -0.4 is 0 Å². The van der Waals surface area contributed by atoms with Crippen molar-refractivity contribution in [1.82, 2.24) is 9.80 Å². The molecule has 2 amide bonds. The predicted molar refractivity (Wildman–Crippen MR) is 155 cm³/mol. The Bertz CT molecular complexity index is 1590. The number of carbonyl (C=O) groups is 2. The van der Waals surface area contributed by atoms with E-state index in [-0.39, 0.29) is 32.8 Å². The molecular formula is C29H24Cl3F3N4O3. The van der Waals surface area contributed by atoms with Crippen molar-refractivity contribution in [2.75, 3.05) is 13.1 Å². The first kappa shape index (κ1) is 30.1. The van der Waals surface area contributed by atoms with Crippen LogP contribution in [-0.4, -0.2) is 52.6 Å². The van der Waals surface area contributed by atoms with Crippen LogP contribution >= 0.6 is 34.8 Å². The molecule has 1 saturated heterocycles. The van der Waals surface area contributed by atoms with E-state index in [1.165, 1.54) is 30.5 Å². The van der Waals surface area contributed by atoms with Crippen LogP contribution in [0.1, 0.15) is 47.3 Å². The van der Waals surface area contributed by atoms with E-state index in [9.17, 15) is 22.8 Å². The fourth-order valence-electron chi connectivity index (χ4n) is 4.91. The molecule has 0 spiro atoms. The minimum absolute atomic E-state index is 0.0182. The van der Waals surface area contributed by atoms with Crippen molar-refractivity contribution in [2.45, 2.75) is 39.0 Å². The van der Waals surface area contributed by atoms with Crippen LogP contribution in [0.4, 0.5) is 13.2 Å². The Balaban J connectivity index is 1.47. The second-order valence-electron chi connectivity index (χ2n) is 10.6. The van der Waals surface area contributed by atoms with Crippen molar-refractivity contribution >= 4 is 58.3 Å². The number of amides is 2. The fraction of sp³-hybridized carbons (Fsp3) is 0.310. The van der Waals surface area contributed by atoms with Crippen LogP contribution in [0, 0.1) is 12.8 Å². The summed E-state index contributed by atoms with van der Waals surface area (Å²) in [5.41, 5.74) is -1.12. The molecule has 2 bridgehead atoms. The molecular weight excluding hydrogens is 616 g/mol. The zero-order valence-corrected chi connectivity index (χ0v) is 24.9. The Labute approximate surface area is 254 Å². The van der Waals surface area contributed by atoms with E-state index in [1.807, 2.05) is 0 Å². The maximum Gasteiger partial charge on any atom is 0.435 e. The van der Waals surface area contributed by atoms with E-state index in [0.717, 1.165) is 22.6 Å². The molecule has 0 N–H and O–H groups in total. The third kappa shape index (κ3) is 5.43. The van der Waals surface area contributed by atoms with Gasteiger partial charge in [0.05, 0.1) is 10.7 Å². The van der Waals surface area contributed by atoms with Gasteiger partial charge in [0.25, 0.3) is 11.5 Å². The smallest absolute Gasteiger partial charge is 0.374 e. The summed E-state index contributed by atoms with van der Waals surface area (Å²) in [5.74, 6) is -1.46. The van der Waals surface area contributed by atoms with Crippen molar-refractivity contribution < 1.29 is 27.6 Å². The topological polar surface area (TPSA) is 74.6 Å². The number of hydrogen-bond donors (Lipinski definition) is 0. The van der Waals surface area contributed by atoms with Gasteiger partial charge in [0.15, 0.2) is 0 Å². The monoisotopic (exact) mass is 638 g/mol. The number of benzene rings is 2. The SMILES string of the molecule is Cc1cc(C2=NOC(c3cc(Cl)cc(Cl)c3)(C(F)(F)F)C2)ccc1C(=O)N(C(=O)C(C)C)C1=N/C=C(/Cl)C=C2CN1C2. The van der Waals surface area contributed by atoms with Gasteiger partial charge in [-0.3, -0.25) is 9.59 Å². The Morgan fingerprint density at radius 1 is 1.07 bits per heavy atom. The van der Waals surface area contributed by atoms with E-state index in [0.29, 0.717) is 29.2 Å². The number of guanidine groups is 1. The average Bonchev–Trinajstić information content (AvgIpc) is 3.33. The van der Waals surface area contributed by atoms with Gasteiger partial charge in [0, 0.05) is 52.8 Å². The number of imide groups is 1. The first-order valence-corrected chi connectivity index (χ1v) is 14.0. The minimum atomic E-state index is -4.85. The molecule has 0 aromatic heterocycles. The number of rotatable bonds is 4. The third-order valence-corrected chi connectivity index (χ3v) is 7.78. The molecule has 2 aromatic rings. The summed E-state index contributed by atoms with van der Waals surface area (Å²) in [7, 11) is 0. The number of carbonyl (C=O) groups excluding carboxylic acids is 2. The standard InChI is InChI=1S/C29H24Cl3F3N4O3/c1-15(2)25(40)39(27-36-12-22(32)7-17-13-38(27)14-17)26(41)23-5-4-18(6-16(23)3)24-11-28(42-37-24,29(33,34)35)19-8-20(30)10-21(31)9-19/h4-10,12,15H,11,13-14H2,1-3H3/b22-12+,36-27?. The second-order valence-corrected chi connectivity index (χ2v) is 11.9. The van der Waals surface area contributed by atoms with Crippen LogP contribution in [0.5, 0.6) is 0 Å². The quantitative estimate of drug-likeness (QED) is 0.355. The Kier molecular flexibility index (Phi) is 7.93. The van der Waals surface area contributed by atoms with Gasteiger partial charge in [-0.1, -0.05) is 59.9 Å². The Morgan fingerprint density at radius 3 is 2.33 bits per heavy atom. The van der Waals surface area contributed by atoms with E-state index >= 15 is 0 Å². The lowest BCUT2D eigenvalue weighted by Gasteiger charge is -2.40. The number of aliphatic imine (C=N–C) groups is 1. The number of aryl methyl sites for hydroxylation is 1. The summed E-state index contributed by atoms with van der Waals surface area (Å²) in [4.78, 5) is 39.4. The summed E-state index contributed by atoms with van der Waals surface area (Å²) >= 11 is 18.2. The highest BCUT2D eigenvalue weighted by molar-refractivity contribution is 6.34. The Hall–Kier alpha value is -3.34. The zero-order valence-electron chi connectivity index (χ0n) is 22.6. The summed E-state index contributed by atoms with van der Waals surface area (Å²) in [6, 6.07) is 8.07. The number of oxime groups is 1. The first-order chi connectivity index (χ1) is 19.7. The Morgan fingerprint density at radius 2 is 1.74 bits per heavy atom. The van der Waals surface area contributed by atoms with Crippen molar-refractivity contribution in [3.8, 4) is 0 Å². The highest BCUT2D eigenvalue weighted by Gasteiger charge is 2.62. The largest absolute Gasteiger partial charge is 0.435 e. The summed E-state index contributed by atoms with van der Waals surface area (Å²) in [5, 5.41) is 4.21. The normalized spacial score (nSPS) is 21.2. The zero-order chi connectivity index (χ0) is 30.6.